The molecule has 2 amide bonds. The highest BCUT2D eigenvalue weighted by Crippen LogP contribution is 2.20. The van der Waals surface area contributed by atoms with Crippen molar-refractivity contribution in [1.82, 2.24) is 10.6 Å². The maximum absolute atomic E-state index is 12.3. The molecule has 2 N–H and O–H groups in total. The van der Waals surface area contributed by atoms with E-state index in [1.54, 1.807) is 12.1 Å². The summed E-state index contributed by atoms with van der Waals surface area (Å²) >= 11 is 0. The van der Waals surface area contributed by atoms with Crippen LogP contribution in [0.3, 0.4) is 0 Å². The molecule has 0 aromatic heterocycles. The SMILES string of the molecule is Cc1ccc(C(=O)NCC(=O)OCC(=O)NC(CC(C)C)c2ccccc2)cc1C. The number of esters is 1. The Morgan fingerprint density at radius 1 is 0.967 bits per heavy atom. The van der Waals surface area contributed by atoms with E-state index in [0.29, 0.717) is 11.5 Å². The maximum atomic E-state index is 12.3. The smallest absolute Gasteiger partial charge is 0.325 e. The van der Waals surface area contributed by atoms with E-state index in [1.165, 1.54) is 0 Å². The number of rotatable bonds is 9. The normalized spacial score (nSPS) is 11.6. The molecule has 160 valence electrons. The largest absolute Gasteiger partial charge is 0.454 e. The highest BCUT2D eigenvalue weighted by atomic mass is 16.5. The number of ether oxygens (including phenoxy) is 1. The summed E-state index contributed by atoms with van der Waals surface area (Å²) in [5.41, 5.74) is 3.56. The Kier molecular flexibility index (Phi) is 8.59. The molecular weight excluding hydrogens is 380 g/mol. The number of hydrogen-bond acceptors (Lipinski definition) is 4. The summed E-state index contributed by atoms with van der Waals surface area (Å²) < 4.78 is 5.01. The van der Waals surface area contributed by atoms with Gasteiger partial charge >= 0.3 is 5.97 Å². The summed E-state index contributed by atoms with van der Waals surface area (Å²) in [6, 6.07) is 14.9. The van der Waals surface area contributed by atoms with Gasteiger partial charge in [0.2, 0.25) is 0 Å². The Balaban J connectivity index is 1.80. The minimum Gasteiger partial charge on any atom is -0.454 e. The molecule has 30 heavy (non-hydrogen) atoms. The molecule has 0 spiro atoms. The highest BCUT2D eigenvalue weighted by Gasteiger charge is 2.17. The second-order valence-electron chi connectivity index (χ2n) is 7.80. The number of carbonyl (C=O) groups is 3. The zero-order valence-electron chi connectivity index (χ0n) is 18.0. The summed E-state index contributed by atoms with van der Waals surface area (Å²) in [7, 11) is 0. The highest BCUT2D eigenvalue weighted by molar-refractivity contribution is 5.96. The summed E-state index contributed by atoms with van der Waals surface area (Å²) in [5, 5.41) is 5.44. The Labute approximate surface area is 178 Å². The lowest BCUT2D eigenvalue weighted by Gasteiger charge is -2.21. The fourth-order valence-corrected chi connectivity index (χ4v) is 3.01. The number of amides is 2. The molecule has 0 fully saturated rings. The number of benzene rings is 2. The van der Waals surface area contributed by atoms with Crippen molar-refractivity contribution in [2.45, 2.75) is 40.2 Å². The third-order valence-corrected chi connectivity index (χ3v) is 4.77. The fraction of sp³-hybridized carbons (Fsp3) is 0.375. The van der Waals surface area contributed by atoms with Gasteiger partial charge in [0.1, 0.15) is 6.54 Å². The first-order chi connectivity index (χ1) is 14.3. The van der Waals surface area contributed by atoms with Crippen LogP contribution in [-0.2, 0) is 14.3 Å². The van der Waals surface area contributed by atoms with Crippen LogP contribution in [0.1, 0.15) is 53.4 Å². The number of aryl methyl sites for hydroxylation is 2. The number of carbonyl (C=O) groups excluding carboxylic acids is 3. The maximum Gasteiger partial charge on any atom is 0.325 e. The zero-order chi connectivity index (χ0) is 22.1. The van der Waals surface area contributed by atoms with E-state index >= 15 is 0 Å². The molecular formula is C24H30N2O4. The van der Waals surface area contributed by atoms with Crippen molar-refractivity contribution >= 4 is 17.8 Å². The second-order valence-corrected chi connectivity index (χ2v) is 7.80. The number of hydrogen-bond donors (Lipinski definition) is 2. The van der Waals surface area contributed by atoms with Gasteiger partial charge in [0, 0.05) is 5.56 Å². The van der Waals surface area contributed by atoms with Crippen molar-refractivity contribution in [3.05, 3.63) is 70.8 Å². The molecule has 0 bridgehead atoms. The molecule has 2 rings (SSSR count). The van der Waals surface area contributed by atoms with Crippen LogP contribution in [0.25, 0.3) is 0 Å². The van der Waals surface area contributed by atoms with E-state index < -0.39 is 5.97 Å². The Morgan fingerprint density at radius 3 is 2.30 bits per heavy atom. The zero-order valence-corrected chi connectivity index (χ0v) is 18.0. The van der Waals surface area contributed by atoms with E-state index in [0.717, 1.165) is 23.1 Å². The van der Waals surface area contributed by atoms with Crippen LogP contribution in [0.5, 0.6) is 0 Å². The van der Waals surface area contributed by atoms with Gasteiger partial charge < -0.3 is 15.4 Å². The van der Waals surface area contributed by atoms with Gasteiger partial charge in [-0.1, -0.05) is 50.2 Å². The molecule has 1 unspecified atom stereocenters. The lowest BCUT2D eigenvalue weighted by molar-refractivity contribution is -0.147. The van der Waals surface area contributed by atoms with Crippen LogP contribution in [0, 0.1) is 19.8 Å². The van der Waals surface area contributed by atoms with Gasteiger partial charge in [0.15, 0.2) is 6.61 Å². The molecule has 6 nitrogen and oxygen atoms in total. The fourth-order valence-electron chi connectivity index (χ4n) is 3.01. The van der Waals surface area contributed by atoms with E-state index in [9.17, 15) is 14.4 Å². The van der Waals surface area contributed by atoms with E-state index in [-0.39, 0.29) is 31.0 Å². The molecule has 0 saturated carbocycles. The van der Waals surface area contributed by atoms with Crippen molar-refractivity contribution in [2.75, 3.05) is 13.2 Å². The average molecular weight is 411 g/mol. The average Bonchev–Trinajstić information content (AvgIpc) is 2.72. The van der Waals surface area contributed by atoms with Crippen LogP contribution in [0.15, 0.2) is 48.5 Å². The van der Waals surface area contributed by atoms with Gasteiger partial charge in [-0.2, -0.15) is 0 Å². The van der Waals surface area contributed by atoms with Crippen LogP contribution < -0.4 is 10.6 Å². The lowest BCUT2D eigenvalue weighted by atomic mass is 9.97. The first-order valence-electron chi connectivity index (χ1n) is 10.1. The van der Waals surface area contributed by atoms with Crippen LogP contribution in [-0.4, -0.2) is 30.9 Å². The van der Waals surface area contributed by atoms with Crippen LogP contribution in [0.4, 0.5) is 0 Å². The Morgan fingerprint density at radius 2 is 1.67 bits per heavy atom. The molecule has 0 heterocycles. The molecule has 2 aromatic rings. The molecule has 0 aliphatic carbocycles. The molecule has 0 aliphatic rings. The van der Waals surface area contributed by atoms with Gasteiger partial charge in [0.25, 0.3) is 11.8 Å². The molecule has 0 radical (unpaired) electrons. The Bertz CT molecular complexity index is 878. The standard InChI is InChI=1S/C24H30N2O4/c1-16(2)12-21(19-8-6-5-7-9-19)26-22(27)15-30-23(28)14-25-24(29)20-11-10-17(3)18(4)13-20/h5-11,13,16,21H,12,14-15H2,1-4H3,(H,25,29)(H,26,27). The third-order valence-electron chi connectivity index (χ3n) is 4.77. The minimum atomic E-state index is -0.664. The van der Waals surface area contributed by atoms with Gasteiger partial charge in [-0.3, -0.25) is 14.4 Å². The molecule has 6 heteroatoms. The molecule has 0 aliphatic heterocycles. The first kappa shape index (κ1) is 23.1. The molecule has 1 atom stereocenters. The quantitative estimate of drug-likeness (QED) is 0.620. The van der Waals surface area contributed by atoms with Crippen molar-refractivity contribution in [1.29, 1.82) is 0 Å². The second kappa shape index (κ2) is 11.1. The summed E-state index contributed by atoms with van der Waals surface area (Å²) in [6.45, 7) is 7.36. The summed E-state index contributed by atoms with van der Waals surface area (Å²) in [4.78, 5) is 36.3. The van der Waals surface area contributed by atoms with Crippen molar-refractivity contribution in [3.63, 3.8) is 0 Å². The summed E-state index contributed by atoms with van der Waals surface area (Å²) in [6.07, 6.45) is 0.774. The first-order valence-corrected chi connectivity index (χ1v) is 10.1. The minimum absolute atomic E-state index is 0.151. The predicted octanol–water partition coefficient (Wildman–Crippen LogP) is 3.48. The van der Waals surface area contributed by atoms with Gasteiger partial charge in [0.05, 0.1) is 6.04 Å². The van der Waals surface area contributed by atoms with Crippen LogP contribution in [0.2, 0.25) is 0 Å². The van der Waals surface area contributed by atoms with E-state index in [1.807, 2.05) is 50.2 Å². The molecule has 0 saturated heterocycles. The topological polar surface area (TPSA) is 84.5 Å². The van der Waals surface area contributed by atoms with Crippen molar-refractivity contribution in [2.24, 2.45) is 5.92 Å². The lowest BCUT2D eigenvalue weighted by Crippen LogP contribution is -2.35. The van der Waals surface area contributed by atoms with E-state index in [4.69, 9.17) is 4.74 Å². The van der Waals surface area contributed by atoms with Gasteiger partial charge in [-0.05, 0) is 55.0 Å². The third kappa shape index (κ3) is 7.35. The molecule has 2 aromatic carbocycles. The van der Waals surface area contributed by atoms with Gasteiger partial charge in [-0.15, -0.1) is 0 Å². The monoisotopic (exact) mass is 410 g/mol. The van der Waals surface area contributed by atoms with Crippen molar-refractivity contribution in [3.8, 4) is 0 Å². The number of nitrogens with one attached hydrogen (secondary N) is 2. The predicted molar refractivity (Wildman–Crippen MR) is 116 cm³/mol. The van der Waals surface area contributed by atoms with Gasteiger partial charge in [-0.25, -0.2) is 0 Å². The Hall–Kier alpha value is -3.15. The summed E-state index contributed by atoms with van der Waals surface area (Å²) in [5.74, 6) is -1.01. The van der Waals surface area contributed by atoms with Crippen molar-refractivity contribution < 1.29 is 19.1 Å². The van der Waals surface area contributed by atoms with Crippen LogP contribution >= 0.6 is 0 Å². The van der Waals surface area contributed by atoms with E-state index in [2.05, 4.69) is 24.5 Å².